The maximum Gasteiger partial charge on any atom is 0.418 e. The van der Waals surface area contributed by atoms with Crippen molar-refractivity contribution >= 4 is 17.4 Å². The average Bonchev–Trinajstić information content (AvgIpc) is 2.61. The lowest BCUT2D eigenvalue weighted by Crippen LogP contribution is -2.24. The van der Waals surface area contributed by atoms with E-state index in [2.05, 4.69) is 20.3 Å². The summed E-state index contributed by atoms with van der Waals surface area (Å²) in [6.45, 7) is -0.170. The van der Waals surface area contributed by atoms with Crippen LogP contribution in [0.1, 0.15) is 16.7 Å². The molecule has 0 saturated carbocycles. The van der Waals surface area contributed by atoms with Gasteiger partial charge >= 0.3 is 12.1 Å². The van der Waals surface area contributed by atoms with Gasteiger partial charge in [0.25, 0.3) is 0 Å². The number of nitrogens with zero attached hydrogens (tertiary/aromatic N) is 3. The lowest BCUT2D eigenvalue weighted by molar-refractivity contribution is -0.141. The minimum absolute atomic E-state index is 0.0616. The van der Waals surface area contributed by atoms with E-state index in [-0.39, 0.29) is 30.9 Å². The van der Waals surface area contributed by atoms with E-state index < -0.39 is 17.7 Å². The third kappa shape index (κ3) is 4.11. The number of aliphatic imine (C=N–C) groups is 1. The van der Waals surface area contributed by atoms with Crippen LogP contribution in [0, 0.1) is 0 Å². The maximum atomic E-state index is 13.4. The number of alkyl halides is 3. The van der Waals surface area contributed by atoms with E-state index in [4.69, 9.17) is 4.74 Å². The molecule has 0 bridgehead atoms. The van der Waals surface area contributed by atoms with Crippen molar-refractivity contribution in [3.63, 3.8) is 0 Å². The summed E-state index contributed by atoms with van der Waals surface area (Å²) in [6, 6.07) is 3.85. The molecule has 0 aliphatic carbocycles. The van der Waals surface area contributed by atoms with Gasteiger partial charge in [0.2, 0.25) is 0 Å². The van der Waals surface area contributed by atoms with Crippen molar-refractivity contribution < 1.29 is 22.7 Å². The number of ether oxygens (including phenoxy) is 1. The number of benzene rings is 1. The number of halogens is 3. The molecule has 0 atom stereocenters. The van der Waals surface area contributed by atoms with Crippen LogP contribution in [0.3, 0.4) is 0 Å². The fourth-order valence-electron chi connectivity index (χ4n) is 2.31. The van der Waals surface area contributed by atoms with Gasteiger partial charge in [-0.3, -0.25) is 9.79 Å². The molecule has 2 aromatic rings. The van der Waals surface area contributed by atoms with Crippen molar-refractivity contribution in [3.8, 4) is 0 Å². The van der Waals surface area contributed by atoms with Crippen LogP contribution >= 0.6 is 0 Å². The molecule has 9 heteroatoms. The molecule has 1 aromatic heterocycles. The number of hydrogen-bond acceptors (Lipinski definition) is 6. The molecular weight excluding hydrogens is 337 g/mol. The standard InChI is InChI=1S/C16H13F3N4O2/c17-16(18,19)12-3-11(14-8-25-15(24)7-23-14)1-2-13(12)22-6-10-4-20-9-21-5-10/h1-5,9,22H,6-8H2. The quantitative estimate of drug-likeness (QED) is 0.857. The Morgan fingerprint density at radius 1 is 1.20 bits per heavy atom. The smallest absolute Gasteiger partial charge is 0.418 e. The summed E-state index contributed by atoms with van der Waals surface area (Å²) in [4.78, 5) is 22.6. The molecular formula is C16H13F3N4O2. The zero-order chi connectivity index (χ0) is 17.9. The number of carbonyl (C=O) groups is 1. The van der Waals surface area contributed by atoms with Gasteiger partial charge in [-0.1, -0.05) is 6.07 Å². The zero-order valence-corrected chi connectivity index (χ0v) is 12.9. The van der Waals surface area contributed by atoms with Gasteiger partial charge in [0.05, 0.1) is 11.3 Å². The van der Waals surface area contributed by atoms with Gasteiger partial charge in [-0.2, -0.15) is 13.2 Å². The highest BCUT2D eigenvalue weighted by atomic mass is 19.4. The second kappa shape index (κ2) is 6.88. The highest BCUT2D eigenvalue weighted by Gasteiger charge is 2.34. The molecule has 3 rings (SSSR count). The number of anilines is 1. The van der Waals surface area contributed by atoms with E-state index in [9.17, 15) is 18.0 Å². The number of cyclic esters (lactones) is 1. The molecule has 6 nitrogen and oxygen atoms in total. The fraction of sp³-hybridized carbons (Fsp3) is 0.250. The molecule has 25 heavy (non-hydrogen) atoms. The first-order valence-electron chi connectivity index (χ1n) is 7.32. The number of nitrogens with one attached hydrogen (secondary N) is 1. The van der Waals surface area contributed by atoms with Crippen molar-refractivity contribution in [2.24, 2.45) is 4.99 Å². The largest absolute Gasteiger partial charge is 0.458 e. The third-order valence-electron chi connectivity index (χ3n) is 3.52. The van der Waals surface area contributed by atoms with Gasteiger partial charge < -0.3 is 10.1 Å². The van der Waals surface area contributed by atoms with Crippen molar-refractivity contribution in [1.82, 2.24) is 9.97 Å². The number of aromatic nitrogens is 2. The van der Waals surface area contributed by atoms with Gasteiger partial charge in [-0.25, -0.2) is 9.97 Å². The summed E-state index contributed by atoms with van der Waals surface area (Å²) in [5.74, 6) is -0.497. The van der Waals surface area contributed by atoms with E-state index >= 15 is 0 Å². The van der Waals surface area contributed by atoms with Crippen LogP contribution in [0.5, 0.6) is 0 Å². The maximum absolute atomic E-state index is 13.4. The Morgan fingerprint density at radius 2 is 1.96 bits per heavy atom. The fourth-order valence-corrected chi connectivity index (χ4v) is 2.31. The van der Waals surface area contributed by atoms with Crippen molar-refractivity contribution in [2.45, 2.75) is 12.7 Å². The Bertz CT molecular complexity index is 807. The molecule has 0 spiro atoms. The van der Waals surface area contributed by atoms with E-state index in [1.165, 1.54) is 30.9 Å². The molecule has 130 valence electrons. The van der Waals surface area contributed by atoms with Crippen LogP contribution in [0.25, 0.3) is 0 Å². The summed E-state index contributed by atoms with van der Waals surface area (Å²) < 4.78 is 45.0. The molecule has 1 aliphatic rings. The Morgan fingerprint density at radius 3 is 2.60 bits per heavy atom. The highest BCUT2D eigenvalue weighted by molar-refractivity contribution is 6.04. The average molecular weight is 350 g/mol. The predicted molar refractivity (Wildman–Crippen MR) is 83.2 cm³/mol. The van der Waals surface area contributed by atoms with Gasteiger partial charge in [-0.05, 0) is 17.7 Å². The van der Waals surface area contributed by atoms with Crippen molar-refractivity contribution in [2.75, 3.05) is 18.5 Å². The van der Waals surface area contributed by atoms with E-state index in [0.717, 1.165) is 6.07 Å². The molecule has 0 fully saturated rings. The van der Waals surface area contributed by atoms with Gasteiger partial charge in [0.15, 0.2) is 0 Å². The molecule has 2 heterocycles. The van der Waals surface area contributed by atoms with Gasteiger partial charge in [-0.15, -0.1) is 0 Å². The zero-order valence-electron chi connectivity index (χ0n) is 12.9. The SMILES string of the molecule is O=C1CN=C(c2ccc(NCc3cncnc3)c(C(F)(F)F)c2)CO1. The monoisotopic (exact) mass is 350 g/mol. The first-order valence-corrected chi connectivity index (χ1v) is 7.32. The molecule has 0 radical (unpaired) electrons. The normalized spacial score (nSPS) is 14.7. The molecule has 0 unspecified atom stereocenters. The van der Waals surface area contributed by atoms with Crippen molar-refractivity contribution in [1.29, 1.82) is 0 Å². The molecule has 1 aromatic carbocycles. The van der Waals surface area contributed by atoms with E-state index in [0.29, 0.717) is 11.3 Å². The first-order chi connectivity index (χ1) is 11.9. The lowest BCUT2D eigenvalue weighted by Gasteiger charge is -2.18. The number of carbonyl (C=O) groups excluding carboxylic acids is 1. The van der Waals surface area contributed by atoms with Gasteiger partial charge in [0, 0.05) is 30.2 Å². The molecule has 1 N–H and O–H groups in total. The van der Waals surface area contributed by atoms with Crippen LogP contribution in [0.2, 0.25) is 0 Å². The van der Waals surface area contributed by atoms with Crippen LogP contribution in [-0.4, -0.2) is 34.8 Å². The van der Waals surface area contributed by atoms with E-state index in [1.54, 1.807) is 0 Å². The summed E-state index contributed by atoms with van der Waals surface area (Å²) in [7, 11) is 0. The van der Waals surface area contributed by atoms with Crippen molar-refractivity contribution in [3.05, 3.63) is 53.6 Å². The molecule has 0 saturated heterocycles. The summed E-state index contributed by atoms with van der Waals surface area (Å²) >= 11 is 0. The lowest BCUT2D eigenvalue weighted by atomic mass is 10.0. The number of rotatable bonds is 4. The Kier molecular flexibility index (Phi) is 4.64. The first kappa shape index (κ1) is 16.9. The van der Waals surface area contributed by atoms with E-state index in [1.807, 2.05) is 0 Å². The van der Waals surface area contributed by atoms with Crippen LogP contribution in [-0.2, 0) is 22.3 Å². The van der Waals surface area contributed by atoms with Crippen LogP contribution in [0.15, 0.2) is 41.9 Å². The number of hydrogen-bond donors (Lipinski definition) is 1. The summed E-state index contributed by atoms with van der Waals surface area (Å²) in [6.07, 6.45) is -0.159. The second-order valence-corrected chi connectivity index (χ2v) is 5.28. The minimum Gasteiger partial charge on any atom is -0.458 e. The minimum atomic E-state index is -4.54. The molecule has 0 amide bonds. The second-order valence-electron chi connectivity index (χ2n) is 5.28. The number of esters is 1. The topological polar surface area (TPSA) is 76.5 Å². The Labute approximate surface area is 140 Å². The van der Waals surface area contributed by atoms with Gasteiger partial charge in [0.1, 0.15) is 19.5 Å². The highest BCUT2D eigenvalue weighted by Crippen LogP contribution is 2.36. The third-order valence-corrected chi connectivity index (χ3v) is 3.52. The Hall–Kier alpha value is -2.97. The summed E-state index contributed by atoms with van der Waals surface area (Å²) in [5, 5.41) is 2.75. The predicted octanol–water partition coefficient (Wildman–Crippen LogP) is 2.45. The summed E-state index contributed by atoms with van der Waals surface area (Å²) in [5.41, 5.74) is 0.361. The Balaban J connectivity index is 1.87. The van der Waals surface area contributed by atoms with Crippen LogP contribution in [0.4, 0.5) is 18.9 Å². The molecule has 1 aliphatic heterocycles. The van der Waals surface area contributed by atoms with Crippen LogP contribution < -0.4 is 5.32 Å².